The van der Waals surface area contributed by atoms with Gasteiger partial charge in [-0.25, -0.2) is 19.6 Å². The van der Waals surface area contributed by atoms with Crippen molar-refractivity contribution in [2.45, 2.75) is 51.7 Å². The molecule has 2 heterocycles. The fourth-order valence-electron chi connectivity index (χ4n) is 7.09. The van der Waals surface area contributed by atoms with Gasteiger partial charge >= 0.3 is 11.9 Å². The van der Waals surface area contributed by atoms with E-state index in [0.29, 0.717) is 47.0 Å². The summed E-state index contributed by atoms with van der Waals surface area (Å²) < 4.78 is 22.5. The van der Waals surface area contributed by atoms with E-state index in [9.17, 15) is 14.9 Å². The summed E-state index contributed by atoms with van der Waals surface area (Å²) >= 11 is 0. The monoisotopic (exact) mass is 734 g/mol. The van der Waals surface area contributed by atoms with Crippen LogP contribution in [0.2, 0.25) is 0 Å². The molecule has 55 heavy (non-hydrogen) atoms. The lowest BCUT2D eigenvalue weighted by Gasteiger charge is -2.36. The number of rotatable bonds is 14. The number of carbonyl (C=O) groups is 2. The zero-order chi connectivity index (χ0) is 38.1. The Bertz CT molecular complexity index is 2330. The van der Waals surface area contributed by atoms with Gasteiger partial charge in [0.15, 0.2) is 5.58 Å². The van der Waals surface area contributed by atoms with Crippen LogP contribution in [0.4, 0.5) is 0 Å². The van der Waals surface area contributed by atoms with E-state index in [1.54, 1.807) is 31.2 Å². The van der Waals surface area contributed by atoms with Crippen molar-refractivity contribution in [1.29, 1.82) is 5.26 Å². The topological polar surface area (TPSA) is 128 Å². The third kappa shape index (κ3) is 8.75. The number of para-hydroxylation sites is 1. The van der Waals surface area contributed by atoms with E-state index in [-0.39, 0.29) is 12.0 Å². The van der Waals surface area contributed by atoms with Gasteiger partial charge in [0.2, 0.25) is 5.89 Å². The van der Waals surface area contributed by atoms with Crippen LogP contribution in [0.5, 0.6) is 5.75 Å². The molecule has 0 radical (unpaired) electrons. The molecule has 1 atom stereocenters. The molecule has 10 nitrogen and oxygen atoms in total. The van der Waals surface area contributed by atoms with E-state index in [0.717, 1.165) is 84.5 Å². The molecule has 4 aromatic carbocycles. The summed E-state index contributed by atoms with van der Waals surface area (Å²) in [6.45, 7) is 4.06. The van der Waals surface area contributed by atoms with Crippen LogP contribution in [0.25, 0.3) is 22.6 Å². The first-order valence-corrected chi connectivity index (χ1v) is 18.6. The van der Waals surface area contributed by atoms with E-state index in [1.165, 1.54) is 7.11 Å². The molecular formula is C45H42N4O6. The molecule has 0 saturated carbocycles. The van der Waals surface area contributed by atoms with Gasteiger partial charge in [0.05, 0.1) is 30.9 Å². The minimum Gasteiger partial charge on any atom is -0.489 e. The number of esters is 2. The fourth-order valence-corrected chi connectivity index (χ4v) is 7.09. The van der Waals surface area contributed by atoms with E-state index < -0.39 is 5.97 Å². The van der Waals surface area contributed by atoms with Crippen molar-refractivity contribution < 1.29 is 28.2 Å². The lowest BCUT2D eigenvalue weighted by molar-refractivity contribution is 0.0517. The van der Waals surface area contributed by atoms with Crippen LogP contribution in [0, 0.1) is 11.3 Å². The number of hydrogen-bond acceptors (Lipinski definition) is 10. The highest BCUT2D eigenvalue weighted by Gasteiger charge is 2.28. The number of aryl methyl sites for hydroxylation is 1. The number of ether oxygens (including phenoxy) is 3. The highest BCUT2D eigenvalue weighted by Crippen LogP contribution is 2.35. The molecule has 278 valence electrons. The number of fused-ring (bicyclic) bond motifs is 2. The van der Waals surface area contributed by atoms with Gasteiger partial charge in [-0.05, 0) is 116 Å². The minimum atomic E-state index is -0.397. The van der Waals surface area contributed by atoms with Gasteiger partial charge in [0.1, 0.15) is 23.6 Å². The smallest absolute Gasteiger partial charge is 0.356 e. The summed E-state index contributed by atoms with van der Waals surface area (Å²) in [7, 11) is 1.39. The van der Waals surface area contributed by atoms with Gasteiger partial charge in [0.25, 0.3) is 0 Å². The van der Waals surface area contributed by atoms with Crippen molar-refractivity contribution in [2.75, 3.05) is 26.8 Å². The number of methoxy groups -OCH3 is 1. The summed E-state index contributed by atoms with van der Waals surface area (Å²) in [4.78, 5) is 36.4. The number of hydrogen-bond donors (Lipinski definition) is 0. The van der Waals surface area contributed by atoms with Gasteiger partial charge in [0, 0.05) is 30.4 Å². The SMILES string of the molecule is CCOC(=O)c1ccc2c(n1)CCCC2N(CCc1ccc(C(=O)OC)cc1)CCc1ccccc1OCc1ccc(-c2nc3cc(C#N)ccc3o2)cc1. The van der Waals surface area contributed by atoms with Gasteiger partial charge in [-0.3, -0.25) is 4.90 Å². The van der Waals surface area contributed by atoms with E-state index in [1.807, 2.05) is 72.8 Å². The van der Waals surface area contributed by atoms with Gasteiger partial charge in [-0.1, -0.05) is 48.5 Å². The number of pyridine rings is 1. The molecule has 0 saturated heterocycles. The fraction of sp³-hybridized carbons (Fsp3) is 0.267. The Morgan fingerprint density at radius 2 is 1.67 bits per heavy atom. The number of oxazole rings is 1. The van der Waals surface area contributed by atoms with Crippen LogP contribution in [0.1, 0.15) is 80.2 Å². The lowest BCUT2D eigenvalue weighted by atomic mass is 9.89. The van der Waals surface area contributed by atoms with Crippen molar-refractivity contribution in [2.24, 2.45) is 0 Å². The average molecular weight is 735 g/mol. The number of nitriles is 1. The highest BCUT2D eigenvalue weighted by atomic mass is 16.5. The van der Waals surface area contributed by atoms with Crippen LogP contribution >= 0.6 is 0 Å². The Balaban J connectivity index is 1.06. The summed E-state index contributed by atoms with van der Waals surface area (Å²) in [6, 6.07) is 35.0. The predicted octanol–water partition coefficient (Wildman–Crippen LogP) is 8.47. The molecule has 0 bridgehead atoms. The number of aromatic nitrogens is 2. The molecule has 2 aromatic heterocycles. The predicted molar refractivity (Wildman–Crippen MR) is 208 cm³/mol. The van der Waals surface area contributed by atoms with Crippen LogP contribution in [0.3, 0.4) is 0 Å². The molecular weight excluding hydrogens is 693 g/mol. The summed E-state index contributed by atoms with van der Waals surface area (Å²) in [6.07, 6.45) is 4.32. The Morgan fingerprint density at radius 1 is 0.891 bits per heavy atom. The van der Waals surface area contributed by atoms with Crippen LogP contribution in [0.15, 0.2) is 108 Å². The minimum absolute atomic E-state index is 0.128. The van der Waals surface area contributed by atoms with Crippen molar-refractivity contribution >= 4 is 23.0 Å². The standard InChI is InChI=1S/C45H42N4O6/c1-3-53-45(51)38-21-20-36-37(47-38)8-6-9-40(36)49(25-23-30-11-18-35(19-12-30)44(50)52-2)26-24-33-7-4-5-10-41(33)54-29-31-13-16-34(17-14-31)43-48-39-27-32(28-46)15-22-42(39)55-43/h4-5,7,10-22,27,40H,3,6,8-9,23-26,29H2,1-2H3. The third-order valence-corrected chi connectivity index (χ3v) is 10.0. The molecule has 0 amide bonds. The van der Waals surface area contributed by atoms with Crippen molar-refractivity contribution in [3.63, 3.8) is 0 Å². The molecule has 0 spiro atoms. The second-order valence-corrected chi connectivity index (χ2v) is 13.5. The Hall–Kier alpha value is -6.31. The Labute approximate surface area is 320 Å². The Kier molecular flexibility index (Phi) is 11.6. The van der Waals surface area contributed by atoms with Crippen LogP contribution in [-0.4, -0.2) is 53.6 Å². The normalized spacial score (nSPS) is 13.6. The Morgan fingerprint density at radius 3 is 2.45 bits per heavy atom. The van der Waals surface area contributed by atoms with Gasteiger partial charge in [-0.15, -0.1) is 0 Å². The largest absolute Gasteiger partial charge is 0.489 e. The molecule has 0 fully saturated rings. The summed E-state index contributed by atoms with van der Waals surface area (Å²) in [5.41, 5.74) is 8.90. The zero-order valence-corrected chi connectivity index (χ0v) is 31.0. The first-order chi connectivity index (χ1) is 26.9. The quantitative estimate of drug-likeness (QED) is 0.101. The molecule has 0 N–H and O–H groups in total. The molecule has 0 aliphatic heterocycles. The molecule has 1 aliphatic carbocycles. The molecule has 1 aliphatic rings. The molecule has 1 unspecified atom stereocenters. The second-order valence-electron chi connectivity index (χ2n) is 13.5. The number of benzene rings is 4. The average Bonchev–Trinajstić information content (AvgIpc) is 3.67. The van der Waals surface area contributed by atoms with E-state index in [4.69, 9.17) is 23.6 Å². The zero-order valence-electron chi connectivity index (χ0n) is 31.0. The van der Waals surface area contributed by atoms with E-state index in [2.05, 4.69) is 22.0 Å². The third-order valence-electron chi connectivity index (χ3n) is 10.0. The van der Waals surface area contributed by atoms with Crippen molar-refractivity contribution in [3.05, 3.63) is 148 Å². The number of nitrogens with zero attached hydrogens (tertiary/aromatic N) is 4. The highest BCUT2D eigenvalue weighted by molar-refractivity contribution is 5.89. The molecule has 10 heteroatoms. The van der Waals surface area contributed by atoms with Gasteiger partial charge < -0.3 is 18.6 Å². The maximum atomic E-state index is 12.5. The lowest BCUT2D eigenvalue weighted by Crippen LogP contribution is -2.35. The number of carbonyl (C=O) groups excluding carboxylic acids is 2. The molecule has 7 rings (SSSR count). The summed E-state index contributed by atoms with van der Waals surface area (Å²) in [5.74, 6) is 0.589. The van der Waals surface area contributed by atoms with Crippen molar-refractivity contribution in [1.82, 2.24) is 14.9 Å². The van der Waals surface area contributed by atoms with Crippen molar-refractivity contribution in [3.8, 4) is 23.3 Å². The maximum Gasteiger partial charge on any atom is 0.356 e. The van der Waals surface area contributed by atoms with Gasteiger partial charge in [-0.2, -0.15) is 5.26 Å². The second kappa shape index (κ2) is 17.2. The maximum absolute atomic E-state index is 12.5. The van der Waals surface area contributed by atoms with E-state index >= 15 is 0 Å². The summed E-state index contributed by atoms with van der Waals surface area (Å²) in [5, 5.41) is 9.22. The molecule has 6 aromatic rings. The first-order valence-electron chi connectivity index (χ1n) is 18.6. The first kappa shape index (κ1) is 37.0. The van der Waals surface area contributed by atoms with Crippen LogP contribution < -0.4 is 4.74 Å². The van der Waals surface area contributed by atoms with Crippen LogP contribution in [-0.2, 0) is 35.3 Å².